The summed E-state index contributed by atoms with van der Waals surface area (Å²) in [6.45, 7) is 4.18. The summed E-state index contributed by atoms with van der Waals surface area (Å²) in [6, 6.07) is -0.791. The molecule has 0 aromatic carbocycles. The number of aliphatic hydroxyl groups excluding tert-OH is 3. The van der Waals surface area contributed by atoms with Gasteiger partial charge >= 0.3 is 0 Å². The molecule has 0 heterocycles. The standard InChI is InChI=1S/C43H85NO4/c1-3-5-7-9-11-13-15-17-18-19-20-21-22-23-24-25-26-28-30-32-34-36-38-42(47)43(48)44-40(39-45)41(46)37-35-33-31-29-27-16-14-12-10-8-6-4-2/h35,37,40-42,45-47H,3-34,36,38-39H2,1-2H3,(H,44,48)/b37-35+. The minimum absolute atomic E-state index is 0.360. The average Bonchev–Trinajstić information content (AvgIpc) is 3.09. The highest BCUT2D eigenvalue weighted by Gasteiger charge is 2.22. The summed E-state index contributed by atoms with van der Waals surface area (Å²) in [6.07, 6.45) is 45.3. The fraction of sp³-hybridized carbons (Fsp3) is 0.930. The predicted molar refractivity (Wildman–Crippen MR) is 208 cm³/mol. The zero-order chi connectivity index (χ0) is 35.2. The lowest BCUT2D eigenvalue weighted by atomic mass is 10.0. The average molecular weight is 680 g/mol. The van der Waals surface area contributed by atoms with Crippen molar-refractivity contribution in [3.63, 3.8) is 0 Å². The smallest absolute Gasteiger partial charge is 0.249 e. The lowest BCUT2D eigenvalue weighted by molar-refractivity contribution is -0.131. The highest BCUT2D eigenvalue weighted by Crippen LogP contribution is 2.16. The molecule has 4 N–H and O–H groups in total. The molecule has 0 radical (unpaired) electrons. The number of carbonyl (C=O) groups is 1. The fourth-order valence-electron chi connectivity index (χ4n) is 6.71. The van der Waals surface area contributed by atoms with Crippen LogP contribution in [0.25, 0.3) is 0 Å². The van der Waals surface area contributed by atoms with Crippen molar-refractivity contribution < 1.29 is 20.1 Å². The Labute approximate surface area is 299 Å². The SMILES string of the molecule is CCCCCCCCCCCC/C=C/C(O)C(CO)NC(=O)C(O)CCCCCCCCCCCCCCCCCCCCCCCC. The molecule has 286 valence electrons. The highest BCUT2D eigenvalue weighted by atomic mass is 16.3. The van der Waals surface area contributed by atoms with Gasteiger partial charge in [0.15, 0.2) is 0 Å². The summed E-state index contributed by atoms with van der Waals surface area (Å²) in [7, 11) is 0. The molecular formula is C43H85NO4. The number of allylic oxidation sites excluding steroid dienone is 1. The van der Waals surface area contributed by atoms with E-state index in [0.717, 1.165) is 32.1 Å². The van der Waals surface area contributed by atoms with E-state index in [1.807, 2.05) is 6.08 Å². The van der Waals surface area contributed by atoms with Crippen LogP contribution in [0.3, 0.4) is 0 Å². The quantitative estimate of drug-likeness (QED) is 0.0384. The Hall–Kier alpha value is -0.910. The van der Waals surface area contributed by atoms with Crippen LogP contribution in [0, 0.1) is 0 Å². The second kappa shape index (κ2) is 38.9. The third-order valence-electron chi connectivity index (χ3n) is 10.1. The maximum absolute atomic E-state index is 12.4. The van der Waals surface area contributed by atoms with E-state index in [2.05, 4.69) is 19.2 Å². The lowest BCUT2D eigenvalue weighted by Gasteiger charge is -2.21. The Balaban J connectivity index is 3.60. The van der Waals surface area contributed by atoms with E-state index < -0.39 is 24.2 Å². The molecule has 0 saturated carbocycles. The van der Waals surface area contributed by atoms with Gasteiger partial charge in [0.05, 0.1) is 18.8 Å². The predicted octanol–water partition coefficient (Wildman–Crippen LogP) is 12.0. The maximum Gasteiger partial charge on any atom is 0.249 e. The second-order valence-electron chi connectivity index (χ2n) is 14.9. The van der Waals surface area contributed by atoms with Crippen molar-refractivity contribution in [1.82, 2.24) is 5.32 Å². The van der Waals surface area contributed by atoms with E-state index in [0.29, 0.717) is 6.42 Å². The van der Waals surface area contributed by atoms with Gasteiger partial charge in [-0.1, -0.05) is 225 Å². The topological polar surface area (TPSA) is 89.8 Å². The van der Waals surface area contributed by atoms with Crippen molar-refractivity contribution >= 4 is 5.91 Å². The summed E-state index contributed by atoms with van der Waals surface area (Å²) in [5.74, 6) is -0.500. The summed E-state index contributed by atoms with van der Waals surface area (Å²) in [5.41, 5.74) is 0. The Kier molecular flexibility index (Phi) is 38.1. The summed E-state index contributed by atoms with van der Waals surface area (Å²) in [4.78, 5) is 12.4. The molecule has 3 unspecified atom stereocenters. The van der Waals surface area contributed by atoms with Crippen LogP contribution in [0.1, 0.15) is 232 Å². The molecule has 0 rings (SSSR count). The molecule has 0 bridgehead atoms. The van der Waals surface area contributed by atoms with Crippen LogP contribution in [-0.4, -0.2) is 46.1 Å². The van der Waals surface area contributed by atoms with E-state index in [9.17, 15) is 20.1 Å². The maximum atomic E-state index is 12.4. The van der Waals surface area contributed by atoms with Crippen molar-refractivity contribution in [1.29, 1.82) is 0 Å². The monoisotopic (exact) mass is 680 g/mol. The molecule has 0 aromatic rings. The van der Waals surface area contributed by atoms with E-state index in [1.54, 1.807) is 6.08 Å². The van der Waals surface area contributed by atoms with Gasteiger partial charge in [0, 0.05) is 0 Å². The normalized spacial score (nSPS) is 13.7. The summed E-state index contributed by atoms with van der Waals surface area (Å²) >= 11 is 0. The Morgan fingerprint density at radius 2 is 0.812 bits per heavy atom. The number of carbonyl (C=O) groups excluding carboxylic acids is 1. The Morgan fingerprint density at radius 1 is 0.500 bits per heavy atom. The van der Waals surface area contributed by atoms with Crippen molar-refractivity contribution in [2.75, 3.05) is 6.61 Å². The minimum Gasteiger partial charge on any atom is -0.394 e. The fourth-order valence-corrected chi connectivity index (χ4v) is 6.71. The Morgan fingerprint density at radius 3 is 1.15 bits per heavy atom. The van der Waals surface area contributed by atoms with Crippen LogP contribution in [0.5, 0.6) is 0 Å². The van der Waals surface area contributed by atoms with Crippen molar-refractivity contribution in [2.24, 2.45) is 0 Å². The van der Waals surface area contributed by atoms with Crippen LogP contribution in [0.2, 0.25) is 0 Å². The first-order valence-electron chi connectivity index (χ1n) is 21.5. The number of unbranched alkanes of at least 4 members (excludes halogenated alkanes) is 31. The van der Waals surface area contributed by atoms with Gasteiger partial charge in [0.25, 0.3) is 0 Å². The van der Waals surface area contributed by atoms with Gasteiger partial charge in [-0.25, -0.2) is 0 Å². The highest BCUT2D eigenvalue weighted by molar-refractivity contribution is 5.80. The number of nitrogens with one attached hydrogen (secondary N) is 1. The molecule has 0 aromatic heterocycles. The number of amides is 1. The molecule has 0 spiro atoms. The minimum atomic E-state index is -1.09. The van der Waals surface area contributed by atoms with Crippen LogP contribution in [0.4, 0.5) is 0 Å². The first-order chi connectivity index (χ1) is 23.6. The van der Waals surface area contributed by atoms with Crippen LogP contribution < -0.4 is 5.32 Å². The second-order valence-corrected chi connectivity index (χ2v) is 14.9. The lowest BCUT2D eigenvalue weighted by Crippen LogP contribution is -2.48. The van der Waals surface area contributed by atoms with E-state index in [4.69, 9.17) is 0 Å². The molecule has 0 aliphatic heterocycles. The van der Waals surface area contributed by atoms with E-state index >= 15 is 0 Å². The van der Waals surface area contributed by atoms with E-state index in [-0.39, 0.29) is 6.61 Å². The van der Waals surface area contributed by atoms with Crippen molar-refractivity contribution in [2.45, 2.75) is 250 Å². The molecule has 5 nitrogen and oxygen atoms in total. The number of hydrogen-bond acceptors (Lipinski definition) is 4. The number of rotatable bonds is 39. The molecule has 3 atom stereocenters. The van der Waals surface area contributed by atoms with Crippen molar-refractivity contribution in [3.05, 3.63) is 12.2 Å². The molecule has 1 amide bonds. The largest absolute Gasteiger partial charge is 0.394 e. The van der Waals surface area contributed by atoms with Crippen LogP contribution in [-0.2, 0) is 4.79 Å². The van der Waals surface area contributed by atoms with Gasteiger partial charge in [0.1, 0.15) is 6.10 Å². The third kappa shape index (κ3) is 33.6. The van der Waals surface area contributed by atoms with Gasteiger partial charge in [-0.15, -0.1) is 0 Å². The van der Waals surface area contributed by atoms with Crippen molar-refractivity contribution in [3.8, 4) is 0 Å². The van der Waals surface area contributed by atoms with E-state index in [1.165, 1.54) is 180 Å². The van der Waals surface area contributed by atoms with Gasteiger partial charge in [-0.3, -0.25) is 4.79 Å². The zero-order valence-electron chi connectivity index (χ0n) is 32.4. The van der Waals surface area contributed by atoms with Gasteiger partial charge in [-0.05, 0) is 19.3 Å². The molecule has 48 heavy (non-hydrogen) atoms. The molecule has 0 saturated heterocycles. The van der Waals surface area contributed by atoms with Gasteiger partial charge in [0.2, 0.25) is 5.91 Å². The first kappa shape index (κ1) is 47.1. The molecule has 0 aliphatic rings. The molecule has 0 fully saturated rings. The first-order valence-corrected chi connectivity index (χ1v) is 21.5. The third-order valence-corrected chi connectivity index (χ3v) is 10.1. The molecule has 0 aliphatic carbocycles. The molecular weight excluding hydrogens is 594 g/mol. The van der Waals surface area contributed by atoms with Gasteiger partial charge < -0.3 is 20.6 Å². The van der Waals surface area contributed by atoms with Crippen LogP contribution >= 0.6 is 0 Å². The zero-order valence-corrected chi connectivity index (χ0v) is 32.4. The Bertz CT molecular complexity index is 669. The molecule has 5 heteroatoms. The summed E-state index contributed by atoms with van der Waals surface area (Å²) in [5, 5.41) is 33.0. The van der Waals surface area contributed by atoms with Crippen LogP contribution in [0.15, 0.2) is 12.2 Å². The number of hydrogen-bond donors (Lipinski definition) is 4. The number of aliphatic hydroxyl groups is 3. The summed E-state index contributed by atoms with van der Waals surface area (Å²) < 4.78 is 0. The van der Waals surface area contributed by atoms with Gasteiger partial charge in [-0.2, -0.15) is 0 Å².